The lowest BCUT2D eigenvalue weighted by Crippen LogP contribution is -2.61. The van der Waals surface area contributed by atoms with Crippen LogP contribution in [-0.2, 0) is 4.79 Å². The predicted octanol–water partition coefficient (Wildman–Crippen LogP) is 2.20. The van der Waals surface area contributed by atoms with E-state index in [9.17, 15) is 4.79 Å². The van der Waals surface area contributed by atoms with Crippen molar-refractivity contribution in [1.29, 1.82) is 0 Å². The topological polar surface area (TPSA) is 42.4 Å². The van der Waals surface area contributed by atoms with Gasteiger partial charge in [0.15, 0.2) is 0 Å². The summed E-state index contributed by atoms with van der Waals surface area (Å²) in [4.78, 5) is 18.3. The molecule has 3 aliphatic rings. The van der Waals surface area contributed by atoms with Crippen LogP contribution in [0.15, 0.2) is 24.5 Å². The smallest absolute Gasteiger partial charge is 0.226 e. The van der Waals surface area contributed by atoms with Crippen molar-refractivity contribution >= 4 is 17.7 Å². The molecule has 1 saturated carbocycles. The first-order valence-corrected chi connectivity index (χ1v) is 8.63. The Balaban J connectivity index is 1.30. The lowest BCUT2D eigenvalue weighted by molar-refractivity contribution is -0.138. The fourth-order valence-corrected chi connectivity index (χ4v) is 4.94. The van der Waals surface area contributed by atoms with Gasteiger partial charge in [0.2, 0.25) is 5.91 Å². The third-order valence-corrected chi connectivity index (χ3v) is 6.38. The van der Waals surface area contributed by atoms with E-state index >= 15 is 0 Å². The maximum atomic E-state index is 12.2. The second-order valence-corrected chi connectivity index (χ2v) is 8.13. The van der Waals surface area contributed by atoms with Gasteiger partial charge in [-0.1, -0.05) is 6.92 Å². The first-order chi connectivity index (χ1) is 10.2. The maximum absolute atomic E-state index is 12.2. The molecule has 1 spiro atoms. The van der Waals surface area contributed by atoms with Gasteiger partial charge in [0.05, 0.1) is 10.9 Å². The van der Waals surface area contributed by atoms with Gasteiger partial charge in [-0.25, -0.2) is 0 Å². The van der Waals surface area contributed by atoms with Gasteiger partial charge in [0.1, 0.15) is 11.9 Å². The lowest BCUT2D eigenvalue weighted by Gasteiger charge is -2.47. The molecule has 0 N–H and O–H groups in total. The minimum absolute atomic E-state index is 0.247. The Bertz CT molecular complexity index is 544. The van der Waals surface area contributed by atoms with Crippen LogP contribution in [-0.4, -0.2) is 45.5 Å². The highest BCUT2D eigenvalue weighted by Crippen LogP contribution is 2.48. The lowest BCUT2D eigenvalue weighted by atomic mass is 9.92. The summed E-state index contributed by atoms with van der Waals surface area (Å²) in [6, 6.07) is 3.85. The Kier molecular flexibility index (Phi) is 3.14. The molecule has 5 heteroatoms. The van der Waals surface area contributed by atoms with Gasteiger partial charge in [0.25, 0.3) is 0 Å². The van der Waals surface area contributed by atoms with Crippen LogP contribution in [0.1, 0.15) is 19.8 Å². The summed E-state index contributed by atoms with van der Waals surface area (Å²) in [5.74, 6) is 3.16. The minimum Gasteiger partial charge on any atom is -0.488 e. The maximum Gasteiger partial charge on any atom is 0.226 e. The van der Waals surface area contributed by atoms with Crippen LogP contribution in [0.25, 0.3) is 0 Å². The van der Waals surface area contributed by atoms with Crippen LogP contribution in [0.5, 0.6) is 5.75 Å². The molecule has 4 nitrogen and oxygen atoms in total. The number of hydrogen-bond donors (Lipinski definition) is 0. The third-order valence-electron chi connectivity index (χ3n) is 4.81. The summed E-state index contributed by atoms with van der Waals surface area (Å²) in [7, 11) is 0. The summed E-state index contributed by atoms with van der Waals surface area (Å²) in [5.41, 5.74) is 0. The Hall–Kier alpha value is -1.23. The van der Waals surface area contributed by atoms with Crippen molar-refractivity contribution in [3.8, 4) is 5.75 Å². The van der Waals surface area contributed by atoms with E-state index in [1.165, 1.54) is 0 Å². The molecule has 1 amide bonds. The molecular weight excluding hydrogens is 284 g/mol. The first-order valence-electron chi connectivity index (χ1n) is 7.65. The molecule has 0 unspecified atom stereocenters. The highest BCUT2D eigenvalue weighted by Gasteiger charge is 2.54. The van der Waals surface area contributed by atoms with Crippen molar-refractivity contribution in [2.45, 2.75) is 30.6 Å². The van der Waals surface area contributed by atoms with Crippen LogP contribution >= 0.6 is 11.8 Å². The van der Waals surface area contributed by atoms with E-state index in [4.69, 9.17) is 4.74 Å². The molecule has 3 heterocycles. The highest BCUT2D eigenvalue weighted by atomic mass is 32.2. The average Bonchev–Trinajstić information content (AvgIpc) is 3.03. The number of nitrogens with zero attached hydrogens (tertiary/aromatic N) is 2. The SMILES string of the molecule is C[C@@H]1C[C@H]1C(=O)N1CC2(C[C@@H](Oc3cccnc3)CS2)C1. The molecule has 2 saturated heterocycles. The summed E-state index contributed by atoms with van der Waals surface area (Å²) in [6.07, 6.45) is 5.89. The number of hydrogen-bond acceptors (Lipinski definition) is 4. The highest BCUT2D eigenvalue weighted by molar-refractivity contribution is 8.01. The Morgan fingerprint density at radius 3 is 3.00 bits per heavy atom. The summed E-state index contributed by atoms with van der Waals surface area (Å²) in [5, 5.41) is 0. The summed E-state index contributed by atoms with van der Waals surface area (Å²) >= 11 is 1.97. The number of likely N-dealkylation sites (tertiary alicyclic amines) is 1. The Labute approximate surface area is 129 Å². The molecule has 1 aromatic rings. The zero-order valence-corrected chi connectivity index (χ0v) is 13.0. The normalized spacial score (nSPS) is 32.8. The van der Waals surface area contributed by atoms with Gasteiger partial charge in [-0.3, -0.25) is 9.78 Å². The fraction of sp³-hybridized carbons (Fsp3) is 0.625. The molecule has 0 bridgehead atoms. The molecule has 2 aliphatic heterocycles. The number of aromatic nitrogens is 1. The van der Waals surface area contributed by atoms with Crippen molar-refractivity contribution in [3.63, 3.8) is 0 Å². The Morgan fingerprint density at radius 1 is 1.52 bits per heavy atom. The van der Waals surface area contributed by atoms with Crippen molar-refractivity contribution in [2.75, 3.05) is 18.8 Å². The van der Waals surface area contributed by atoms with Gasteiger partial charge in [-0.15, -0.1) is 11.8 Å². The standard InChI is InChI=1S/C16H20N2O2S/c1-11-5-14(11)15(19)18-9-16(10-18)6-13(8-21-16)20-12-3-2-4-17-7-12/h2-4,7,11,13-14H,5-6,8-10H2,1H3/t11-,13-,14-/m1/s1. The summed E-state index contributed by atoms with van der Waals surface area (Å²) in [6.45, 7) is 3.99. The molecule has 0 radical (unpaired) electrons. The largest absolute Gasteiger partial charge is 0.488 e. The minimum atomic E-state index is 0.247. The van der Waals surface area contributed by atoms with Gasteiger partial charge in [0, 0.05) is 37.4 Å². The van der Waals surface area contributed by atoms with E-state index in [-0.39, 0.29) is 10.9 Å². The second kappa shape index (κ2) is 4.90. The number of carbonyl (C=O) groups is 1. The van der Waals surface area contributed by atoms with Gasteiger partial charge >= 0.3 is 0 Å². The van der Waals surface area contributed by atoms with E-state index in [0.717, 1.165) is 37.4 Å². The number of amides is 1. The molecule has 3 fully saturated rings. The average molecular weight is 304 g/mol. The molecule has 1 aromatic heterocycles. The van der Waals surface area contributed by atoms with Crippen molar-refractivity contribution in [1.82, 2.24) is 9.88 Å². The number of carbonyl (C=O) groups excluding carboxylic acids is 1. The molecule has 1 aliphatic carbocycles. The van der Waals surface area contributed by atoms with E-state index in [1.807, 2.05) is 28.8 Å². The predicted molar refractivity (Wildman–Crippen MR) is 82.3 cm³/mol. The zero-order valence-electron chi connectivity index (χ0n) is 12.2. The zero-order chi connectivity index (χ0) is 14.4. The first kappa shape index (κ1) is 13.4. The van der Waals surface area contributed by atoms with Crippen molar-refractivity contribution in [3.05, 3.63) is 24.5 Å². The van der Waals surface area contributed by atoms with Gasteiger partial charge in [-0.05, 0) is 24.5 Å². The molecule has 4 rings (SSSR count). The number of thioether (sulfide) groups is 1. The number of pyridine rings is 1. The molecule has 3 atom stereocenters. The monoisotopic (exact) mass is 304 g/mol. The third kappa shape index (κ3) is 2.52. The van der Waals surface area contributed by atoms with Crippen LogP contribution in [0.2, 0.25) is 0 Å². The second-order valence-electron chi connectivity index (χ2n) is 6.64. The fourth-order valence-electron chi connectivity index (χ4n) is 3.41. The quantitative estimate of drug-likeness (QED) is 0.858. The molecular formula is C16H20N2O2S. The van der Waals surface area contributed by atoms with E-state index in [0.29, 0.717) is 17.7 Å². The van der Waals surface area contributed by atoms with Gasteiger partial charge in [-0.2, -0.15) is 0 Å². The van der Waals surface area contributed by atoms with Crippen LogP contribution < -0.4 is 4.74 Å². The van der Waals surface area contributed by atoms with Crippen molar-refractivity contribution in [2.24, 2.45) is 11.8 Å². The van der Waals surface area contributed by atoms with Crippen LogP contribution in [0.4, 0.5) is 0 Å². The van der Waals surface area contributed by atoms with E-state index < -0.39 is 0 Å². The molecule has 0 aromatic carbocycles. The molecule has 21 heavy (non-hydrogen) atoms. The number of ether oxygens (including phenoxy) is 1. The molecule has 112 valence electrons. The number of rotatable bonds is 3. The van der Waals surface area contributed by atoms with Crippen molar-refractivity contribution < 1.29 is 9.53 Å². The summed E-state index contributed by atoms with van der Waals surface area (Å²) < 4.78 is 6.24. The van der Waals surface area contributed by atoms with E-state index in [1.54, 1.807) is 12.4 Å². The van der Waals surface area contributed by atoms with E-state index in [2.05, 4.69) is 11.9 Å². The van der Waals surface area contributed by atoms with Crippen LogP contribution in [0, 0.1) is 11.8 Å². The Morgan fingerprint density at radius 2 is 2.33 bits per heavy atom. The van der Waals surface area contributed by atoms with Gasteiger partial charge < -0.3 is 9.64 Å². The van der Waals surface area contributed by atoms with Crippen LogP contribution in [0.3, 0.4) is 0 Å².